The second-order valence-electron chi connectivity index (χ2n) is 5.65. The second-order valence-corrected chi connectivity index (χ2v) is 5.65. The van der Waals surface area contributed by atoms with Crippen molar-refractivity contribution in [2.24, 2.45) is 5.92 Å². The molecule has 18 heavy (non-hydrogen) atoms. The number of hydrogen-bond donors (Lipinski definition) is 1. The highest BCUT2D eigenvalue weighted by molar-refractivity contribution is 5.77. The fourth-order valence-electron chi connectivity index (χ4n) is 2.94. The van der Waals surface area contributed by atoms with Gasteiger partial charge in [-0.1, -0.05) is 6.92 Å². The summed E-state index contributed by atoms with van der Waals surface area (Å²) in [6.45, 7) is 7.78. The normalized spacial score (nSPS) is 30.4. The van der Waals surface area contributed by atoms with Crippen molar-refractivity contribution in [1.29, 1.82) is 0 Å². The van der Waals surface area contributed by atoms with E-state index in [1.165, 1.54) is 0 Å². The quantitative estimate of drug-likeness (QED) is 0.828. The lowest BCUT2D eigenvalue weighted by Crippen LogP contribution is -2.51. The Balaban J connectivity index is 1.88. The average Bonchev–Trinajstić information content (AvgIpc) is 2.40. The first-order valence-corrected chi connectivity index (χ1v) is 7.32. The fraction of sp³-hybridized carbons (Fsp3) is 0.929. The van der Waals surface area contributed by atoms with Gasteiger partial charge < -0.3 is 15.0 Å². The first-order chi connectivity index (χ1) is 8.70. The predicted molar refractivity (Wildman–Crippen MR) is 71.4 cm³/mol. The molecule has 0 aliphatic carbocycles. The van der Waals surface area contributed by atoms with Crippen LogP contribution in [0, 0.1) is 5.92 Å². The van der Waals surface area contributed by atoms with E-state index in [1.54, 1.807) is 0 Å². The summed E-state index contributed by atoms with van der Waals surface area (Å²) in [4.78, 5) is 14.5. The largest absolute Gasteiger partial charge is 0.375 e. The molecule has 0 bridgehead atoms. The maximum Gasteiger partial charge on any atom is 0.223 e. The Hall–Kier alpha value is -0.610. The minimum absolute atomic E-state index is 0.185. The average molecular weight is 254 g/mol. The zero-order valence-corrected chi connectivity index (χ0v) is 11.7. The van der Waals surface area contributed by atoms with Crippen LogP contribution in [0.25, 0.3) is 0 Å². The molecule has 4 heteroatoms. The van der Waals surface area contributed by atoms with Crippen molar-refractivity contribution >= 4 is 5.91 Å². The molecule has 2 heterocycles. The van der Waals surface area contributed by atoms with Crippen LogP contribution >= 0.6 is 0 Å². The number of hydrogen-bond acceptors (Lipinski definition) is 3. The van der Waals surface area contributed by atoms with Crippen LogP contribution in [0.3, 0.4) is 0 Å². The fourth-order valence-corrected chi connectivity index (χ4v) is 2.94. The number of nitrogens with one attached hydrogen (secondary N) is 1. The van der Waals surface area contributed by atoms with Gasteiger partial charge in [-0.05, 0) is 45.2 Å². The molecule has 4 nitrogen and oxygen atoms in total. The molecule has 0 aromatic rings. The molecule has 1 N–H and O–H groups in total. The van der Waals surface area contributed by atoms with E-state index >= 15 is 0 Å². The van der Waals surface area contributed by atoms with Crippen LogP contribution < -0.4 is 5.32 Å². The number of morpholine rings is 1. The molecule has 2 aliphatic heterocycles. The van der Waals surface area contributed by atoms with E-state index in [-0.39, 0.29) is 12.1 Å². The van der Waals surface area contributed by atoms with Crippen LogP contribution in [0.2, 0.25) is 0 Å². The molecule has 2 atom stereocenters. The second kappa shape index (κ2) is 6.53. The molecule has 0 radical (unpaired) electrons. The van der Waals surface area contributed by atoms with Crippen molar-refractivity contribution in [3.63, 3.8) is 0 Å². The Morgan fingerprint density at radius 1 is 1.39 bits per heavy atom. The molecule has 0 saturated carbocycles. The van der Waals surface area contributed by atoms with Gasteiger partial charge in [-0.2, -0.15) is 0 Å². The van der Waals surface area contributed by atoms with Crippen molar-refractivity contribution in [2.75, 3.05) is 26.2 Å². The SMILES string of the molecule is CCC1COC(C)CN1C(=O)CC1CCNCC1. The molecule has 2 rings (SSSR count). The third-order valence-corrected chi connectivity index (χ3v) is 4.18. The van der Waals surface area contributed by atoms with Gasteiger partial charge >= 0.3 is 0 Å². The van der Waals surface area contributed by atoms with Gasteiger partial charge in [0.15, 0.2) is 0 Å². The predicted octanol–water partition coefficient (Wildman–Crippen LogP) is 1.40. The van der Waals surface area contributed by atoms with E-state index in [9.17, 15) is 4.79 Å². The van der Waals surface area contributed by atoms with Gasteiger partial charge in [-0.3, -0.25) is 4.79 Å². The standard InChI is InChI=1S/C14H26N2O2/c1-3-13-10-18-11(2)9-16(13)14(17)8-12-4-6-15-7-5-12/h11-13,15H,3-10H2,1-2H3. The van der Waals surface area contributed by atoms with Gasteiger partial charge in [0.2, 0.25) is 5.91 Å². The molecule has 2 unspecified atom stereocenters. The first-order valence-electron chi connectivity index (χ1n) is 7.32. The summed E-state index contributed by atoms with van der Waals surface area (Å²) >= 11 is 0. The number of piperidine rings is 1. The van der Waals surface area contributed by atoms with E-state index in [0.717, 1.165) is 45.3 Å². The summed E-state index contributed by atoms with van der Waals surface area (Å²) in [5.74, 6) is 0.915. The van der Waals surface area contributed by atoms with E-state index in [0.29, 0.717) is 18.4 Å². The molecule has 0 aromatic carbocycles. The van der Waals surface area contributed by atoms with Crippen LogP contribution in [0.5, 0.6) is 0 Å². The first kappa shape index (κ1) is 13.8. The summed E-state index contributed by atoms with van der Waals surface area (Å²) in [5, 5.41) is 3.35. The minimum Gasteiger partial charge on any atom is -0.375 e. The van der Waals surface area contributed by atoms with Gasteiger partial charge in [0.25, 0.3) is 0 Å². The summed E-state index contributed by atoms with van der Waals surface area (Å²) in [6, 6.07) is 0.287. The monoisotopic (exact) mass is 254 g/mol. The number of amides is 1. The van der Waals surface area contributed by atoms with Crippen LogP contribution in [0.1, 0.15) is 39.5 Å². The highest BCUT2D eigenvalue weighted by Gasteiger charge is 2.30. The molecule has 1 amide bonds. The van der Waals surface area contributed by atoms with Gasteiger partial charge in [0.05, 0.1) is 18.8 Å². The van der Waals surface area contributed by atoms with Crippen molar-refractivity contribution in [1.82, 2.24) is 10.2 Å². The van der Waals surface area contributed by atoms with Gasteiger partial charge in [0.1, 0.15) is 0 Å². The van der Waals surface area contributed by atoms with E-state index in [2.05, 4.69) is 24.1 Å². The molecule has 0 spiro atoms. The molecule has 2 saturated heterocycles. The van der Waals surface area contributed by atoms with Crippen molar-refractivity contribution in [2.45, 2.75) is 51.7 Å². The number of ether oxygens (including phenoxy) is 1. The maximum atomic E-state index is 12.4. The summed E-state index contributed by atoms with van der Waals surface area (Å²) in [5.41, 5.74) is 0. The molecular formula is C14H26N2O2. The van der Waals surface area contributed by atoms with Crippen LogP contribution in [-0.4, -0.2) is 49.2 Å². The van der Waals surface area contributed by atoms with Crippen LogP contribution in [0.4, 0.5) is 0 Å². The molecule has 2 aliphatic rings. The van der Waals surface area contributed by atoms with E-state index < -0.39 is 0 Å². The van der Waals surface area contributed by atoms with Crippen molar-refractivity contribution in [3.8, 4) is 0 Å². The zero-order chi connectivity index (χ0) is 13.0. The van der Waals surface area contributed by atoms with E-state index in [4.69, 9.17) is 4.74 Å². The van der Waals surface area contributed by atoms with Gasteiger partial charge in [-0.25, -0.2) is 0 Å². The highest BCUT2D eigenvalue weighted by atomic mass is 16.5. The topological polar surface area (TPSA) is 41.6 Å². The Kier molecular flexibility index (Phi) is 5.01. The van der Waals surface area contributed by atoms with Gasteiger partial charge in [-0.15, -0.1) is 0 Å². The maximum absolute atomic E-state index is 12.4. The Labute approximate surface area is 110 Å². The lowest BCUT2D eigenvalue weighted by molar-refractivity contribution is -0.145. The van der Waals surface area contributed by atoms with Crippen molar-refractivity contribution in [3.05, 3.63) is 0 Å². The highest BCUT2D eigenvalue weighted by Crippen LogP contribution is 2.21. The van der Waals surface area contributed by atoms with E-state index in [1.807, 2.05) is 0 Å². The minimum atomic E-state index is 0.185. The van der Waals surface area contributed by atoms with Crippen LogP contribution in [-0.2, 0) is 9.53 Å². The molecule has 0 aromatic heterocycles. The Bertz CT molecular complexity index is 277. The molecular weight excluding hydrogens is 228 g/mol. The lowest BCUT2D eigenvalue weighted by atomic mass is 9.93. The number of nitrogens with zero attached hydrogens (tertiary/aromatic N) is 1. The molecule has 2 fully saturated rings. The third-order valence-electron chi connectivity index (χ3n) is 4.18. The summed E-state index contributed by atoms with van der Waals surface area (Å²) in [6.07, 6.45) is 4.19. The summed E-state index contributed by atoms with van der Waals surface area (Å²) < 4.78 is 5.65. The number of carbonyl (C=O) groups excluding carboxylic acids is 1. The lowest BCUT2D eigenvalue weighted by Gasteiger charge is -2.39. The Morgan fingerprint density at radius 3 is 2.78 bits per heavy atom. The third kappa shape index (κ3) is 3.45. The molecule has 104 valence electrons. The number of rotatable bonds is 3. The zero-order valence-electron chi connectivity index (χ0n) is 11.7. The van der Waals surface area contributed by atoms with Gasteiger partial charge in [0, 0.05) is 13.0 Å². The smallest absolute Gasteiger partial charge is 0.223 e. The van der Waals surface area contributed by atoms with Crippen LogP contribution in [0.15, 0.2) is 0 Å². The van der Waals surface area contributed by atoms with Crippen molar-refractivity contribution < 1.29 is 9.53 Å². The summed E-state index contributed by atoms with van der Waals surface area (Å²) in [7, 11) is 0. The Morgan fingerprint density at radius 2 is 2.11 bits per heavy atom. The number of carbonyl (C=O) groups is 1.